The van der Waals surface area contributed by atoms with Gasteiger partial charge in [-0.3, -0.25) is 0 Å². The van der Waals surface area contributed by atoms with Crippen LogP contribution < -0.4 is 4.74 Å². The van der Waals surface area contributed by atoms with E-state index in [0.29, 0.717) is 11.1 Å². The number of hydrogen-bond acceptors (Lipinski definition) is 2. The lowest BCUT2D eigenvalue weighted by Gasteiger charge is -2.22. The molecule has 1 nitrogen and oxygen atoms in total. The van der Waals surface area contributed by atoms with E-state index in [0.717, 1.165) is 12.4 Å². The molecule has 0 saturated carbocycles. The molecule has 0 saturated heterocycles. The third kappa shape index (κ3) is 1.54. The lowest BCUT2D eigenvalue weighted by atomic mass is 10.3. The second kappa shape index (κ2) is 3.58. The molecular weight excluding hydrogens is 192 g/mol. The second-order valence-corrected chi connectivity index (χ2v) is 4.30. The highest BCUT2D eigenvalue weighted by atomic mass is 35.5. The molecule has 1 aromatic rings. The number of para-hydroxylation sites is 1. The van der Waals surface area contributed by atoms with Gasteiger partial charge >= 0.3 is 0 Å². The molecule has 12 heavy (non-hydrogen) atoms. The summed E-state index contributed by atoms with van der Waals surface area (Å²) in [6.07, 6.45) is 0. The maximum atomic E-state index is 5.75. The van der Waals surface area contributed by atoms with Crippen LogP contribution in [0.1, 0.15) is 0 Å². The highest BCUT2D eigenvalue weighted by Gasteiger charge is 2.18. The van der Waals surface area contributed by atoms with Crippen molar-refractivity contribution >= 4 is 23.4 Å². The van der Waals surface area contributed by atoms with Crippen LogP contribution in [0.25, 0.3) is 0 Å². The summed E-state index contributed by atoms with van der Waals surface area (Å²) in [4.78, 5) is 1.20. The van der Waals surface area contributed by atoms with Crippen LogP contribution in [-0.2, 0) is 0 Å². The van der Waals surface area contributed by atoms with Gasteiger partial charge in [-0.2, -0.15) is 0 Å². The van der Waals surface area contributed by atoms with Crippen molar-refractivity contribution in [3.63, 3.8) is 0 Å². The second-order valence-electron chi connectivity index (χ2n) is 2.65. The highest BCUT2D eigenvalue weighted by Crippen LogP contribution is 2.36. The zero-order valence-corrected chi connectivity index (χ0v) is 8.07. The zero-order valence-electron chi connectivity index (χ0n) is 6.50. The number of rotatable bonds is 1. The van der Waals surface area contributed by atoms with Crippen molar-refractivity contribution in [2.75, 3.05) is 12.5 Å². The van der Waals surface area contributed by atoms with E-state index in [2.05, 4.69) is 6.07 Å². The minimum absolute atomic E-state index is 0.404. The quantitative estimate of drug-likeness (QED) is 0.645. The smallest absolute Gasteiger partial charge is 0.132 e. The molecular formula is C9H9ClOS. The van der Waals surface area contributed by atoms with E-state index in [-0.39, 0.29) is 0 Å². The molecule has 1 heterocycles. The first-order valence-corrected chi connectivity index (χ1v) is 5.26. The van der Waals surface area contributed by atoms with Crippen molar-refractivity contribution in [2.24, 2.45) is 0 Å². The fraction of sp³-hybridized carbons (Fsp3) is 0.333. The molecule has 0 fully saturated rings. The number of alkyl halides is 1. The van der Waals surface area contributed by atoms with Gasteiger partial charge in [0.05, 0.1) is 5.25 Å². The molecule has 1 unspecified atom stereocenters. The Morgan fingerprint density at radius 3 is 3.17 bits per heavy atom. The first-order valence-electron chi connectivity index (χ1n) is 3.84. The standard InChI is InChI=1S/C9H9ClOS/c10-5-7-6-11-8-3-1-2-4-9(8)12-7/h1-4,7H,5-6H2. The average molecular weight is 201 g/mol. The van der Waals surface area contributed by atoms with Crippen molar-refractivity contribution < 1.29 is 4.74 Å². The van der Waals surface area contributed by atoms with Crippen molar-refractivity contribution in [3.8, 4) is 5.75 Å². The SMILES string of the molecule is ClCC1COc2ccccc2S1. The van der Waals surface area contributed by atoms with Crippen LogP contribution in [0.15, 0.2) is 29.2 Å². The molecule has 0 radical (unpaired) electrons. The molecule has 2 rings (SSSR count). The normalized spacial score (nSPS) is 21.2. The number of benzene rings is 1. The molecule has 0 N–H and O–H groups in total. The van der Waals surface area contributed by atoms with Gasteiger partial charge in [0.2, 0.25) is 0 Å². The summed E-state index contributed by atoms with van der Waals surface area (Å²) in [5.41, 5.74) is 0. The maximum absolute atomic E-state index is 5.75. The van der Waals surface area contributed by atoms with E-state index in [4.69, 9.17) is 16.3 Å². The van der Waals surface area contributed by atoms with E-state index in [9.17, 15) is 0 Å². The van der Waals surface area contributed by atoms with Gasteiger partial charge in [-0.15, -0.1) is 23.4 Å². The largest absolute Gasteiger partial charge is 0.491 e. The van der Waals surface area contributed by atoms with Gasteiger partial charge in [0.1, 0.15) is 12.4 Å². The summed E-state index contributed by atoms with van der Waals surface area (Å²) in [7, 11) is 0. The molecule has 0 spiro atoms. The lowest BCUT2D eigenvalue weighted by molar-refractivity contribution is 0.308. The monoisotopic (exact) mass is 200 g/mol. The molecule has 64 valence electrons. The molecule has 1 aliphatic heterocycles. The van der Waals surface area contributed by atoms with Crippen LogP contribution >= 0.6 is 23.4 Å². The fourth-order valence-corrected chi connectivity index (χ4v) is 2.38. The Morgan fingerprint density at radius 1 is 1.50 bits per heavy atom. The maximum Gasteiger partial charge on any atom is 0.132 e. The molecule has 0 aliphatic carbocycles. The van der Waals surface area contributed by atoms with Gasteiger partial charge in [0.15, 0.2) is 0 Å². The first-order chi connectivity index (χ1) is 5.90. The summed E-state index contributed by atoms with van der Waals surface area (Å²) in [6.45, 7) is 0.727. The lowest BCUT2D eigenvalue weighted by Crippen LogP contribution is -2.20. The van der Waals surface area contributed by atoms with Gasteiger partial charge in [-0.25, -0.2) is 0 Å². The Morgan fingerprint density at radius 2 is 2.33 bits per heavy atom. The summed E-state index contributed by atoms with van der Waals surface area (Å²) < 4.78 is 5.52. The van der Waals surface area contributed by atoms with Crippen LogP contribution in [0.2, 0.25) is 0 Å². The Kier molecular flexibility index (Phi) is 2.47. The Labute approximate surface area is 81.1 Å². The summed E-state index contributed by atoms with van der Waals surface area (Å²) in [5.74, 6) is 1.64. The molecule has 1 atom stereocenters. The number of ether oxygens (including phenoxy) is 1. The van der Waals surface area contributed by atoms with E-state index in [1.165, 1.54) is 4.90 Å². The summed E-state index contributed by atoms with van der Waals surface area (Å²) in [5, 5.41) is 0.404. The molecule has 0 bridgehead atoms. The minimum atomic E-state index is 0.404. The number of halogens is 1. The molecule has 3 heteroatoms. The van der Waals surface area contributed by atoms with Crippen LogP contribution in [0.4, 0.5) is 0 Å². The van der Waals surface area contributed by atoms with Crippen molar-refractivity contribution in [3.05, 3.63) is 24.3 Å². The third-order valence-corrected chi connectivity index (χ3v) is 3.52. The van der Waals surface area contributed by atoms with E-state index >= 15 is 0 Å². The van der Waals surface area contributed by atoms with Gasteiger partial charge in [-0.1, -0.05) is 12.1 Å². The summed E-state index contributed by atoms with van der Waals surface area (Å²) >= 11 is 7.55. The van der Waals surface area contributed by atoms with Crippen LogP contribution in [0, 0.1) is 0 Å². The first kappa shape index (κ1) is 8.27. The van der Waals surface area contributed by atoms with Gasteiger partial charge in [0.25, 0.3) is 0 Å². The van der Waals surface area contributed by atoms with Crippen LogP contribution in [0.3, 0.4) is 0 Å². The van der Waals surface area contributed by atoms with E-state index < -0.39 is 0 Å². The fourth-order valence-electron chi connectivity index (χ4n) is 1.14. The topological polar surface area (TPSA) is 9.23 Å². The van der Waals surface area contributed by atoms with Crippen molar-refractivity contribution in [1.29, 1.82) is 0 Å². The molecule has 0 aromatic heterocycles. The Bertz CT molecular complexity index is 277. The van der Waals surface area contributed by atoms with E-state index in [1.807, 2.05) is 18.2 Å². The molecule has 1 aromatic carbocycles. The van der Waals surface area contributed by atoms with Crippen molar-refractivity contribution in [2.45, 2.75) is 10.1 Å². The predicted molar refractivity (Wildman–Crippen MR) is 52.3 cm³/mol. The highest BCUT2D eigenvalue weighted by molar-refractivity contribution is 8.00. The van der Waals surface area contributed by atoms with Crippen molar-refractivity contribution in [1.82, 2.24) is 0 Å². The Hall–Kier alpha value is -0.340. The number of hydrogen-bond donors (Lipinski definition) is 0. The zero-order chi connectivity index (χ0) is 8.39. The van der Waals surface area contributed by atoms with Crippen LogP contribution in [-0.4, -0.2) is 17.7 Å². The average Bonchev–Trinajstić information content (AvgIpc) is 2.17. The minimum Gasteiger partial charge on any atom is -0.491 e. The molecule has 1 aliphatic rings. The van der Waals surface area contributed by atoms with Crippen LogP contribution in [0.5, 0.6) is 5.75 Å². The van der Waals surface area contributed by atoms with Gasteiger partial charge in [-0.05, 0) is 12.1 Å². The number of thioether (sulfide) groups is 1. The number of fused-ring (bicyclic) bond motifs is 1. The Balaban J connectivity index is 2.23. The summed E-state index contributed by atoms with van der Waals surface area (Å²) in [6, 6.07) is 8.07. The predicted octanol–water partition coefficient (Wildman–Crippen LogP) is 2.78. The van der Waals surface area contributed by atoms with E-state index in [1.54, 1.807) is 11.8 Å². The molecule has 0 amide bonds. The van der Waals surface area contributed by atoms with Gasteiger partial charge in [0, 0.05) is 10.8 Å². The van der Waals surface area contributed by atoms with Gasteiger partial charge < -0.3 is 4.74 Å². The third-order valence-electron chi connectivity index (χ3n) is 1.74.